The van der Waals surface area contributed by atoms with Crippen LogP contribution in [0.1, 0.15) is 11.5 Å². The van der Waals surface area contributed by atoms with E-state index in [1.54, 1.807) is 0 Å². The van der Waals surface area contributed by atoms with E-state index in [4.69, 9.17) is 16.1 Å². The van der Waals surface area contributed by atoms with Crippen LogP contribution in [0.15, 0.2) is 10.6 Å². The third kappa shape index (κ3) is 1.72. The molecule has 0 atom stereocenters. The molecular weight excluding hydrogens is 138 g/mol. The fourth-order valence-corrected chi connectivity index (χ4v) is 0.814. The number of rotatable bonds is 2. The summed E-state index contributed by atoms with van der Waals surface area (Å²) in [5, 5.41) is 3.70. The zero-order valence-electron chi connectivity index (χ0n) is 5.22. The average molecular weight is 146 g/mol. The second kappa shape index (κ2) is 2.87. The summed E-state index contributed by atoms with van der Waals surface area (Å²) in [6.07, 6.45) is 0.766. The Kier molecular flexibility index (Phi) is 2.11. The molecule has 0 N–H and O–H groups in total. The van der Waals surface area contributed by atoms with Gasteiger partial charge in [-0.1, -0.05) is 5.16 Å². The van der Waals surface area contributed by atoms with Crippen molar-refractivity contribution in [1.29, 1.82) is 0 Å². The molecule has 9 heavy (non-hydrogen) atoms. The molecular formula is C6H8ClNO. The highest BCUT2D eigenvalue weighted by atomic mass is 35.5. The summed E-state index contributed by atoms with van der Waals surface area (Å²) in [7, 11) is 0. The largest absolute Gasteiger partial charge is 0.361 e. The highest BCUT2D eigenvalue weighted by Gasteiger charge is 1.96. The molecule has 0 saturated carbocycles. The van der Waals surface area contributed by atoms with Crippen molar-refractivity contribution in [2.75, 3.05) is 5.88 Å². The van der Waals surface area contributed by atoms with Gasteiger partial charge in [0, 0.05) is 18.4 Å². The van der Waals surface area contributed by atoms with Crippen LogP contribution in [0.2, 0.25) is 0 Å². The predicted octanol–water partition coefficient (Wildman–Crippen LogP) is 1.76. The van der Waals surface area contributed by atoms with Gasteiger partial charge in [-0.3, -0.25) is 0 Å². The van der Waals surface area contributed by atoms with Crippen LogP contribution in [0.5, 0.6) is 0 Å². The van der Waals surface area contributed by atoms with Crippen LogP contribution >= 0.6 is 11.6 Å². The SMILES string of the molecule is Cc1cc(CCCl)on1. The van der Waals surface area contributed by atoms with Gasteiger partial charge in [0.15, 0.2) is 0 Å². The monoisotopic (exact) mass is 145 g/mol. The fraction of sp³-hybridized carbons (Fsp3) is 0.500. The second-order valence-electron chi connectivity index (χ2n) is 1.87. The molecule has 0 bridgehead atoms. The van der Waals surface area contributed by atoms with E-state index in [9.17, 15) is 0 Å². The first-order valence-electron chi connectivity index (χ1n) is 2.81. The third-order valence-corrected chi connectivity index (χ3v) is 1.21. The molecule has 0 unspecified atom stereocenters. The molecule has 3 heteroatoms. The van der Waals surface area contributed by atoms with Crippen molar-refractivity contribution in [3.8, 4) is 0 Å². The molecule has 0 spiro atoms. The van der Waals surface area contributed by atoms with Crippen LogP contribution in [0.4, 0.5) is 0 Å². The van der Waals surface area contributed by atoms with Crippen LogP contribution in [-0.2, 0) is 6.42 Å². The summed E-state index contributed by atoms with van der Waals surface area (Å²) in [6.45, 7) is 1.89. The Bertz CT molecular complexity index is 185. The van der Waals surface area contributed by atoms with Gasteiger partial charge in [0.05, 0.1) is 5.69 Å². The van der Waals surface area contributed by atoms with Crippen molar-refractivity contribution in [3.05, 3.63) is 17.5 Å². The van der Waals surface area contributed by atoms with Gasteiger partial charge in [-0.2, -0.15) is 0 Å². The molecule has 0 aliphatic carbocycles. The van der Waals surface area contributed by atoms with Crippen LogP contribution in [0.3, 0.4) is 0 Å². The number of halogens is 1. The normalized spacial score (nSPS) is 10.0. The van der Waals surface area contributed by atoms with Crippen molar-refractivity contribution in [1.82, 2.24) is 5.16 Å². The Hall–Kier alpha value is -0.500. The minimum absolute atomic E-state index is 0.592. The zero-order valence-corrected chi connectivity index (χ0v) is 5.98. The molecule has 0 aromatic carbocycles. The molecule has 1 aromatic rings. The van der Waals surface area contributed by atoms with Gasteiger partial charge >= 0.3 is 0 Å². The smallest absolute Gasteiger partial charge is 0.138 e. The Morgan fingerprint density at radius 2 is 2.56 bits per heavy atom. The number of nitrogens with zero attached hydrogens (tertiary/aromatic N) is 1. The molecule has 1 rings (SSSR count). The van der Waals surface area contributed by atoms with Crippen LogP contribution in [-0.4, -0.2) is 11.0 Å². The van der Waals surface area contributed by atoms with E-state index >= 15 is 0 Å². The first-order chi connectivity index (χ1) is 4.33. The number of aryl methyl sites for hydroxylation is 2. The Balaban J connectivity index is 2.61. The van der Waals surface area contributed by atoms with Gasteiger partial charge in [0.2, 0.25) is 0 Å². The standard InChI is InChI=1S/C6H8ClNO/c1-5-4-6(2-3-7)9-8-5/h4H,2-3H2,1H3. The van der Waals surface area contributed by atoms with Gasteiger partial charge in [-0.25, -0.2) is 0 Å². The van der Waals surface area contributed by atoms with E-state index in [0.29, 0.717) is 5.88 Å². The predicted molar refractivity (Wildman–Crippen MR) is 35.7 cm³/mol. The van der Waals surface area contributed by atoms with Gasteiger partial charge in [-0.15, -0.1) is 11.6 Å². The maximum absolute atomic E-state index is 5.46. The molecule has 1 heterocycles. The van der Waals surface area contributed by atoms with Crippen LogP contribution < -0.4 is 0 Å². The summed E-state index contributed by atoms with van der Waals surface area (Å²) in [6, 6.07) is 1.89. The molecule has 1 aromatic heterocycles. The molecule has 0 saturated heterocycles. The van der Waals surface area contributed by atoms with Crippen molar-refractivity contribution < 1.29 is 4.52 Å². The quantitative estimate of drug-likeness (QED) is 0.593. The molecule has 0 fully saturated rings. The van der Waals surface area contributed by atoms with E-state index in [0.717, 1.165) is 17.9 Å². The summed E-state index contributed by atoms with van der Waals surface area (Å²) in [5.41, 5.74) is 0.912. The first-order valence-corrected chi connectivity index (χ1v) is 3.34. The lowest BCUT2D eigenvalue weighted by atomic mass is 10.3. The maximum Gasteiger partial charge on any atom is 0.138 e. The molecule has 0 amide bonds. The highest BCUT2D eigenvalue weighted by Crippen LogP contribution is 2.02. The van der Waals surface area contributed by atoms with Gasteiger partial charge in [0.1, 0.15) is 5.76 Å². The van der Waals surface area contributed by atoms with Gasteiger partial charge in [0.25, 0.3) is 0 Å². The number of alkyl halides is 1. The highest BCUT2D eigenvalue weighted by molar-refractivity contribution is 6.17. The Labute approximate surface area is 58.8 Å². The van der Waals surface area contributed by atoms with Gasteiger partial charge in [-0.05, 0) is 6.92 Å². The van der Waals surface area contributed by atoms with Crippen molar-refractivity contribution in [2.24, 2.45) is 0 Å². The summed E-state index contributed by atoms with van der Waals surface area (Å²) in [5.74, 6) is 1.46. The van der Waals surface area contributed by atoms with E-state index in [2.05, 4.69) is 5.16 Å². The average Bonchev–Trinajstić information content (AvgIpc) is 2.17. The maximum atomic E-state index is 5.46. The Morgan fingerprint density at radius 3 is 3.00 bits per heavy atom. The van der Waals surface area contributed by atoms with Crippen LogP contribution in [0, 0.1) is 6.92 Å². The topological polar surface area (TPSA) is 26.0 Å². The van der Waals surface area contributed by atoms with Crippen LogP contribution in [0.25, 0.3) is 0 Å². The molecule has 0 radical (unpaired) electrons. The molecule has 2 nitrogen and oxygen atoms in total. The lowest BCUT2D eigenvalue weighted by Crippen LogP contribution is -1.79. The van der Waals surface area contributed by atoms with Gasteiger partial charge < -0.3 is 4.52 Å². The van der Waals surface area contributed by atoms with E-state index in [1.807, 2.05) is 13.0 Å². The summed E-state index contributed by atoms with van der Waals surface area (Å²) >= 11 is 5.46. The second-order valence-corrected chi connectivity index (χ2v) is 2.25. The fourth-order valence-electron chi connectivity index (χ4n) is 0.627. The van der Waals surface area contributed by atoms with E-state index in [-0.39, 0.29) is 0 Å². The minimum atomic E-state index is 0.592. The molecule has 50 valence electrons. The number of aromatic nitrogens is 1. The van der Waals surface area contributed by atoms with Crippen molar-refractivity contribution in [3.63, 3.8) is 0 Å². The minimum Gasteiger partial charge on any atom is -0.361 e. The molecule has 0 aliphatic rings. The first kappa shape index (κ1) is 6.62. The molecule has 0 aliphatic heterocycles. The number of hydrogen-bond acceptors (Lipinski definition) is 2. The lowest BCUT2D eigenvalue weighted by molar-refractivity contribution is 0.383. The Morgan fingerprint density at radius 1 is 1.78 bits per heavy atom. The van der Waals surface area contributed by atoms with Crippen molar-refractivity contribution >= 4 is 11.6 Å². The number of hydrogen-bond donors (Lipinski definition) is 0. The van der Waals surface area contributed by atoms with Crippen molar-refractivity contribution in [2.45, 2.75) is 13.3 Å². The van der Waals surface area contributed by atoms with E-state index in [1.165, 1.54) is 0 Å². The van der Waals surface area contributed by atoms with E-state index < -0.39 is 0 Å². The third-order valence-electron chi connectivity index (χ3n) is 1.02. The lowest BCUT2D eigenvalue weighted by Gasteiger charge is -1.82. The zero-order chi connectivity index (χ0) is 6.69. The summed E-state index contributed by atoms with van der Waals surface area (Å²) < 4.78 is 4.87. The summed E-state index contributed by atoms with van der Waals surface area (Å²) in [4.78, 5) is 0.